The van der Waals surface area contributed by atoms with Crippen molar-refractivity contribution in [3.8, 4) is 0 Å². The molecule has 18 heavy (non-hydrogen) atoms. The molecule has 0 saturated carbocycles. The number of anilines is 2. The standard InChI is InChI=1S/C12H13N3O2S/c13-10-4-5-11(9-3-1-6-14-12(9)10)15-7-2-8-18(15,16)17/h1,3-6H,2,7-8,13H2. The Kier molecular flexibility index (Phi) is 2.41. The Bertz CT molecular complexity index is 712. The highest BCUT2D eigenvalue weighted by Crippen LogP contribution is 2.33. The highest BCUT2D eigenvalue weighted by molar-refractivity contribution is 7.93. The van der Waals surface area contributed by atoms with Crippen LogP contribution < -0.4 is 10.0 Å². The molecule has 6 heteroatoms. The Morgan fingerprint density at radius 3 is 2.83 bits per heavy atom. The molecule has 3 rings (SSSR count). The third kappa shape index (κ3) is 1.60. The monoisotopic (exact) mass is 263 g/mol. The van der Waals surface area contributed by atoms with Crippen molar-refractivity contribution in [2.75, 3.05) is 22.3 Å². The Balaban J connectivity index is 2.28. The van der Waals surface area contributed by atoms with Gasteiger partial charge in [0, 0.05) is 18.1 Å². The van der Waals surface area contributed by atoms with Crippen LogP contribution in [0.2, 0.25) is 0 Å². The van der Waals surface area contributed by atoms with Crippen LogP contribution in [-0.4, -0.2) is 25.7 Å². The zero-order valence-electron chi connectivity index (χ0n) is 9.70. The molecule has 0 bridgehead atoms. The van der Waals surface area contributed by atoms with E-state index in [2.05, 4.69) is 4.98 Å². The van der Waals surface area contributed by atoms with Crippen LogP contribution in [0.1, 0.15) is 6.42 Å². The average molecular weight is 263 g/mol. The van der Waals surface area contributed by atoms with E-state index in [0.717, 1.165) is 5.39 Å². The summed E-state index contributed by atoms with van der Waals surface area (Å²) < 4.78 is 25.4. The number of nitrogens with two attached hydrogens (primary N) is 1. The number of hydrogen-bond donors (Lipinski definition) is 1. The van der Waals surface area contributed by atoms with Crippen molar-refractivity contribution in [3.05, 3.63) is 30.5 Å². The summed E-state index contributed by atoms with van der Waals surface area (Å²) in [4.78, 5) is 4.21. The molecule has 0 aliphatic carbocycles. The summed E-state index contributed by atoms with van der Waals surface area (Å²) in [6.45, 7) is 0.524. The molecular weight excluding hydrogens is 250 g/mol. The highest BCUT2D eigenvalue weighted by Gasteiger charge is 2.29. The first-order valence-corrected chi connectivity index (χ1v) is 7.34. The summed E-state index contributed by atoms with van der Waals surface area (Å²) in [6.07, 6.45) is 2.31. The third-order valence-electron chi connectivity index (χ3n) is 3.15. The first-order chi connectivity index (χ1) is 8.59. The first kappa shape index (κ1) is 11.3. The molecule has 94 valence electrons. The van der Waals surface area contributed by atoms with Crippen LogP contribution in [0.3, 0.4) is 0 Å². The lowest BCUT2D eigenvalue weighted by molar-refractivity contribution is 0.599. The number of nitrogen functional groups attached to an aromatic ring is 1. The zero-order chi connectivity index (χ0) is 12.8. The molecule has 0 spiro atoms. The Morgan fingerprint density at radius 2 is 2.11 bits per heavy atom. The van der Waals surface area contributed by atoms with Crippen molar-refractivity contribution >= 4 is 32.3 Å². The third-order valence-corrected chi connectivity index (χ3v) is 5.00. The second-order valence-electron chi connectivity index (χ2n) is 4.32. The second kappa shape index (κ2) is 3.84. The lowest BCUT2D eigenvalue weighted by Gasteiger charge is -2.19. The maximum Gasteiger partial charge on any atom is 0.235 e. The summed E-state index contributed by atoms with van der Waals surface area (Å²) in [5.41, 5.74) is 7.74. The van der Waals surface area contributed by atoms with E-state index in [1.807, 2.05) is 6.07 Å². The molecule has 2 N–H and O–H groups in total. The predicted molar refractivity (Wildman–Crippen MR) is 71.9 cm³/mol. The minimum atomic E-state index is -3.18. The summed E-state index contributed by atoms with van der Waals surface area (Å²) in [6, 6.07) is 7.09. The maximum absolute atomic E-state index is 12.0. The predicted octanol–water partition coefficient (Wildman–Crippen LogP) is 1.36. The van der Waals surface area contributed by atoms with Crippen molar-refractivity contribution < 1.29 is 8.42 Å². The number of nitrogens with zero attached hydrogens (tertiary/aromatic N) is 2. The van der Waals surface area contributed by atoms with Crippen LogP contribution >= 0.6 is 0 Å². The normalized spacial score (nSPS) is 18.3. The topological polar surface area (TPSA) is 76.3 Å². The van der Waals surface area contributed by atoms with E-state index in [1.165, 1.54) is 4.31 Å². The molecule has 0 atom stereocenters. The quantitative estimate of drug-likeness (QED) is 0.788. The summed E-state index contributed by atoms with van der Waals surface area (Å²) >= 11 is 0. The van der Waals surface area contributed by atoms with Gasteiger partial charge in [0.05, 0.1) is 22.6 Å². The van der Waals surface area contributed by atoms with Gasteiger partial charge in [0.25, 0.3) is 0 Å². The molecular formula is C12H13N3O2S. The van der Waals surface area contributed by atoms with E-state index in [4.69, 9.17) is 5.73 Å². The van der Waals surface area contributed by atoms with E-state index in [-0.39, 0.29) is 5.75 Å². The summed E-state index contributed by atoms with van der Waals surface area (Å²) in [5.74, 6) is 0.207. The largest absolute Gasteiger partial charge is 0.397 e. The molecule has 2 heterocycles. The van der Waals surface area contributed by atoms with Crippen molar-refractivity contribution in [3.63, 3.8) is 0 Å². The fourth-order valence-corrected chi connectivity index (χ4v) is 3.89. The molecule has 1 aromatic heterocycles. The number of benzene rings is 1. The van der Waals surface area contributed by atoms with Gasteiger partial charge in [0.15, 0.2) is 0 Å². The van der Waals surface area contributed by atoms with E-state index < -0.39 is 10.0 Å². The van der Waals surface area contributed by atoms with Gasteiger partial charge in [-0.05, 0) is 30.7 Å². The molecule has 1 aliphatic heterocycles. The van der Waals surface area contributed by atoms with Crippen LogP contribution in [0.4, 0.5) is 11.4 Å². The minimum absolute atomic E-state index is 0.207. The molecule has 0 radical (unpaired) electrons. The molecule has 2 aromatic rings. The van der Waals surface area contributed by atoms with Gasteiger partial charge >= 0.3 is 0 Å². The van der Waals surface area contributed by atoms with Crippen LogP contribution in [0.5, 0.6) is 0 Å². The Hall–Kier alpha value is -1.82. The van der Waals surface area contributed by atoms with Crippen molar-refractivity contribution in [1.29, 1.82) is 0 Å². The van der Waals surface area contributed by atoms with Gasteiger partial charge < -0.3 is 5.73 Å². The number of pyridine rings is 1. The Labute approximate surface area is 105 Å². The fourth-order valence-electron chi connectivity index (χ4n) is 2.31. The number of sulfonamides is 1. The summed E-state index contributed by atoms with van der Waals surface area (Å²) in [5, 5.41) is 0.781. The number of aromatic nitrogens is 1. The average Bonchev–Trinajstić information content (AvgIpc) is 2.70. The fraction of sp³-hybridized carbons (Fsp3) is 0.250. The molecule has 5 nitrogen and oxygen atoms in total. The van der Waals surface area contributed by atoms with Gasteiger partial charge in [-0.25, -0.2) is 8.42 Å². The lowest BCUT2D eigenvalue weighted by Crippen LogP contribution is -2.25. The molecule has 1 aromatic carbocycles. The molecule has 0 unspecified atom stereocenters. The second-order valence-corrected chi connectivity index (χ2v) is 6.33. The van der Waals surface area contributed by atoms with Gasteiger partial charge in [0.1, 0.15) is 0 Å². The van der Waals surface area contributed by atoms with Crippen LogP contribution in [0, 0.1) is 0 Å². The smallest absolute Gasteiger partial charge is 0.235 e. The first-order valence-electron chi connectivity index (χ1n) is 5.73. The molecule has 1 aliphatic rings. The van der Waals surface area contributed by atoms with E-state index in [0.29, 0.717) is 29.9 Å². The zero-order valence-corrected chi connectivity index (χ0v) is 10.5. The van der Waals surface area contributed by atoms with Crippen LogP contribution in [-0.2, 0) is 10.0 Å². The van der Waals surface area contributed by atoms with E-state index in [9.17, 15) is 8.42 Å². The van der Waals surface area contributed by atoms with Crippen molar-refractivity contribution in [1.82, 2.24) is 4.98 Å². The molecule has 0 amide bonds. The highest BCUT2D eigenvalue weighted by atomic mass is 32.2. The SMILES string of the molecule is Nc1ccc(N2CCCS2(=O)=O)c2cccnc12. The van der Waals surface area contributed by atoms with Crippen LogP contribution in [0.15, 0.2) is 30.5 Å². The van der Waals surface area contributed by atoms with Crippen LogP contribution in [0.25, 0.3) is 10.9 Å². The van der Waals surface area contributed by atoms with Crippen molar-refractivity contribution in [2.45, 2.75) is 6.42 Å². The minimum Gasteiger partial charge on any atom is -0.397 e. The van der Waals surface area contributed by atoms with Gasteiger partial charge in [0.2, 0.25) is 10.0 Å². The number of rotatable bonds is 1. The maximum atomic E-state index is 12.0. The summed E-state index contributed by atoms with van der Waals surface area (Å²) in [7, 11) is -3.18. The molecule has 1 saturated heterocycles. The number of fused-ring (bicyclic) bond motifs is 1. The van der Waals surface area contributed by atoms with E-state index in [1.54, 1.807) is 24.4 Å². The van der Waals surface area contributed by atoms with Crippen molar-refractivity contribution in [2.24, 2.45) is 0 Å². The molecule has 1 fully saturated rings. The lowest BCUT2D eigenvalue weighted by atomic mass is 10.1. The Morgan fingerprint density at radius 1 is 1.28 bits per heavy atom. The van der Waals surface area contributed by atoms with Gasteiger partial charge in [-0.3, -0.25) is 9.29 Å². The van der Waals surface area contributed by atoms with Gasteiger partial charge in [-0.2, -0.15) is 0 Å². The van der Waals surface area contributed by atoms with Gasteiger partial charge in [-0.15, -0.1) is 0 Å². The van der Waals surface area contributed by atoms with Gasteiger partial charge in [-0.1, -0.05) is 0 Å². The number of hydrogen-bond acceptors (Lipinski definition) is 4. The van der Waals surface area contributed by atoms with E-state index >= 15 is 0 Å².